The van der Waals surface area contributed by atoms with Gasteiger partial charge in [0.25, 0.3) is 0 Å². The Morgan fingerprint density at radius 2 is 1.70 bits per heavy atom. The number of furan rings is 1. The summed E-state index contributed by atoms with van der Waals surface area (Å²) in [6.07, 6.45) is 1.81. The fourth-order valence-electron chi connectivity index (χ4n) is 2.30. The lowest BCUT2D eigenvalue weighted by Crippen LogP contribution is -1.79. The molecule has 0 radical (unpaired) electrons. The predicted octanol–water partition coefficient (Wildman–Crippen LogP) is 4.49. The molecule has 3 nitrogen and oxygen atoms in total. The van der Waals surface area contributed by atoms with Gasteiger partial charge in [-0.2, -0.15) is 0 Å². The molecule has 4 rings (SSSR count). The van der Waals surface area contributed by atoms with Crippen molar-refractivity contribution in [2.24, 2.45) is 0 Å². The third-order valence-corrected chi connectivity index (χ3v) is 3.31. The maximum absolute atomic E-state index is 5.83. The van der Waals surface area contributed by atoms with Crippen molar-refractivity contribution >= 4 is 11.0 Å². The number of para-hydroxylation sites is 1. The minimum absolute atomic E-state index is 0.806. The summed E-state index contributed by atoms with van der Waals surface area (Å²) in [7, 11) is 0. The molecule has 0 aliphatic carbocycles. The molecule has 0 unspecified atom stereocenters. The van der Waals surface area contributed by atoms with Gasteiger partial charge in [0.05, 0.1) is 6.20 Å². The smallest absolute Gasteiger partial charge is 0.153 e. The Balaban J connectivity index is 1.78. The van der Waals surface area contributed by atoms with Crippen LogP contribution in [0, 0.1) is 0 Å². The highest BCUT2D eigenvalue weighted by Crippen LogP contribution is 2.27. The van der Waals surface area contributed by atoms with Gasteiger partial charge in [-0.25, -0.2) is 4.98 Å². The van der Waals surface area contributed by atoms with Crippen LogP contribution in [-0.2, 0) is 0 Å². The molecule has 0 fully saturated rings. The zero-order valence-electron chi connectivity index (χ0n) is 10.7. The Kier molecular flexibility index (Phi) is 2.42. The molecule has 0 saturated carbocycles. The number of hydrogen-bond donors (Lipinski definition) is 1. The lowest BCUT2D eigenvalue weighted by molar-refractivity contribution is 0.629. The van der Waals surface area contributed by atoms with E-state index in [0.717, 1.165) is 33.8 Å². The fourth-order valence-corrected chi connectivity index (χ4v) is 2.30. The van der Waals surface area contributed by atoms with Gasteiger partial charge in [0.15, 0.2) is 5.76 Å². The van der Waals surface area contributed by atoms with Crippen molar-refractivity contribution in [3.8, 4) is 22.8 Å². The van der Waals surface area contributed by atoms with Gasteiger partial charge in [-0.3, -0.25) is 0 Å². The second kappa shape index (κ2) is 4.38. The van der Waals surface area contributed by atoms with Crippen LogP contribution in [0.5, 0.6) is 0 Å². The van der Waals surface area contributed by atoms with Gasteiger partial charge < -0.3 is 9.40 Å². The maximum Gasteiger partial charge on any atom is 0.153 e. The fraction of sp³-hybridized carbons (Fsp3) is 0. The normalized spacial score (nSPS) is 11.0. The molecule has 4 aromatic rings. The zero-order chi connectivity index (χ0) is 13.4. The summed E-state index contributed by atoms with van der Waals surface area (Å²) in [4.78, 5) is 7.72. The lowest BCUT2D eigenvalue weighted by atomic mass is 10.2. The zero-order valence-corrected chi connectivity index (χ0v) is 10.7. The molecular weight excluding hydrogens is 248 g/mol. The number of nitrogens with zero attached hydrogens (tertiary/aromatic N) is 1. The standard InChI is InChI=1S/C17H12N2O/c1-2-6-12(7-3-1)17-18-11-14(19-17)16-10-13-8-4-5-9-15(13)20-16/h1-11H,(H,18,19). The summed E-state index contributed by atoms with van der Waals surface area (Å²) in [6, 6.07) is 20.1. The summed E-state index contributed by atoms with van der Waals surface area (Å²) >= 11 is 0. The van der Waals surface area contributed by atoms with Crippen molar-refractivity contribution in [1.82, 2.24) is 9.97 Å². The van der Waals surface area contributed by atoms with E-state index < -0.39 is 0 Å². The van der Waals surface area contributed by atoms with E-state index in [1.165, 1.54) is 0 Å². The van der Waals surface area contributed by atoms with Crippen LogP contribution in [0.2, 0.25) is 0 Å². The van der Waals surface area contributed by atoms with Crippen molar-refractivity contribution in [3.05, 3.63) is 66.9 Å². The van der Waals surface area contributed by atoms with E-state index in [9.17, 15) is 0 Å². The van der Waals surface area contributed by atoms with E-state index >= 15 is 0 Å². The molecule has 0 saturated heterocycles. The Morgan fingerprint density at radius 3 is 2.55 bits per heavy atom. The van der Waals surface area contributed by atoms with E-state index in [0.29, 0.717) is 0 Å². The molecule has 2 aromatic heterocycles. The van der Waals surface area contributed by atoms with E-state index in [1.54, 1.807) is 6.20 Å². The second-order valence-electron chi connectivity index (χ2n) is 4.66. The number of hydrogen-bond acceptors (Lipinski definition) is 2. The monoisotopic (exact) mass is 260 g/mol. The van der Waals surface area contributed by atoms with Gasteiger partial charge in [0, 0.05) is 10.9 Å². The lowest BCUT2D eigenvalue weighted by Gasteiger charge is -1.94. The Bertz CT molecular complexity index is 826. The van der Waals surface area contributed by atoms with Gasteiger partial charge in [0.2, 0.25) is 0 Å². The number of rotatable bonds is 2. The van der Waals surface area contributed by atoms with Crippen molar-refractivity contribution in [2.45, 2.75) is 0 Å². The van der Waals surface area contributed by atoms with Gasteiger partial charge in [-0.1, -0.05) is 48.5 Å². The van der Waals surface area contributed by atoms with E-state index in [4.69, 9.17) is 4.42 Å². The molecule has 0 aliphatic heterocycles. The van der Waals surface area contributed by atoms with Crippen molar-refractivity contribution < 1.29 is 4.42 Å². The highest BCUT2D eigenvalue weighted by atomic mass is 16.3. The average molecular weight is 260 g/mol. The Hall–Kier alpha value is -2.81. The van der Waals surface area contributed by atoms with Gasteiger partial charge in [-0.05, 0) is 12.1 Å². The molecule has 2 aromatic carbocycles. The highest BCUT2D eigenvalue weighted by Gasteiger charge is 2.09. The van der Waals surface area contributed by atoms with Crippen LogP contribution in [0.1, 0.15) is 0 Å². The first-order valence-electron chi connectivity index (χ1n) is 6.49. The van der Waals surface area contributed by atoms with Crippen LogP contribution in [0.3, 0.4) is 0 Å². The van der Waals surface area contributed by atoms with E-state index in [1.807, 2.05) is 60.7 Å². The topological polar surface area (TPSA) is 41.8 Å². The van der Waals surface area contributed by atoms with Crippen LogP contribution in [0.15, 0.2) is 71.3 Å². The van der Waals surface area contributed by atoms with Crippen LogP contribution in [0.4, 0.5) is 0 Å². The number of fused-ring (bicyclic) bond motifs is 1. The van der Waals surface area contributed by atoms with Crippen molar-refractivity contribution in [3.63, 3.8) is 0 Å². The largest absolute Gasteiger partial charge is 0.454 e. The molecule has 0 amide bonds. The minimum Gasteiger partial charge on any atom is -0.454 e. The first kappa shape index (κ1) is 11.1. The molecule has 20 heavy (non-hydrogen) atoms. The SMILES string of the molecule is c1ccc(-c2ncc(-c3cc4ccccc4o3)[nH]2)cc1. The number of H-pyrrole nitrogens is 1. The van der Waals surface area contributed by atoms with Crippen LogP contribution in [-0.4, -0.2) is 9.97 Å². The molecule has 3 heteroatoms. The number of aromatic nitrogens is 2. The number of benzene rings is 2. The third kappa shape index (κ3) is 1.80. The summed E-state index contributed by atoms with van der Waals surface area (Å²) in [5.41, 5.74) is 2.84. The van der Waals surface area contributed by atoms with Crippen LogP contribution < -0.4 is 0 Å². The highest BCUT2D eigenvalue weighted by molar-refractivity contribution is 5.82. The first-order chi connectivity index (χ1) is 9.90. The Morgan fingerprint density at radius 1 is 0.900 bits per heavy atom. The summed E-state index contributed by atoms with van der Waals surface area (Å²) in [5.74, 6) is 1.65. The second-order valence-corrected chi connectivity index (χ2v) is 4.66. The molecule has 0 bridgehead atoms. The van der Waals surface area contributed by atoms with Gasteiger partial charge in [-0.15, -0.1) is 0 Å². The molecule has 2 heterocycles. The summed E-state index contributed by atoms with van der Waals surface area (Å²) in [5, 5.41) is 1.10. The predicted molar refractivity (Wildman–Crippen MR) is 79.2 cm³/mol. The first-order valence-corrected chi connectivity index (χ1v) is 6.49. The third-order valence-electron chi connectivity index (χ3n) is 3.31. The molecule has 1 N–H and O–H groups in total. The average Bonchev–Trinajstić information content (AvgIpc) is 3.14. The Labute approximate surface area is 115 Å². The molecule has 96 valence electrons. The van der Waals surface area contributed by atoms with E-state index in [2.05, 4.69) is 9.97 Å². The summed E-state index contributed by atoms with van der Waals surface area (Å²) in [6.45, 7) is 0. The van der Waals surface area contributed by atoms with Crippen LogP contribution >= 0.6 is 0 Å². The molecule has 0 spiro atoms. The number of nitrogens with one attached hydrogen (secondary N) is 1. The van der Waals surface area contributed by atoms with Crippen LogP contribution in [0.25, 0.3) is 33.8 Å². The molecule has 0 atom stereocenters. The minimum atomic E-state index is 0.806. The van der Waals surface area contributed by atoms with Gasteiger partial charge >= 0.3 is 0 Å². The molecular formula is C17H12N2O. The number of aromatic amines is 1. The summed E-state index contributed by atoms with van der Waals surface area (Å²) < 4.78 is 5.83. The maximum atomic E-state index is 5.83. The number of imidazole rings is 1. The van der Waals surface area contributed by atoms with Crippen molar-refractivity contribution in [1.29, 1.82) is 0 Å². The molecule has 0 aliphatic rings. The van der Waals surface area contributed by atoms with Gasteiger partial charge in [0.1, 0.15) is 17.1 Å². The van der Waals surface area contributed by atoms with E-state index in [-0.39, 0.29) is 0 Å². The van der Waals surface area contributed by atoms with Crippen molar-refractivity contribution in [2.75, 3.05) is 0 Å². The quantitative estimate of drug-likeness (QED) is 0.577.